The SMILES string of the molecule is CCN(CC)CCOc1ccccc1O/C(=C/c1ccccc1)C(=O)c1ccccc1. The van der Waals surface area contributed by atoms with E-state index < -0.39 is 0 Å². The number of benzene rings is 3. The number of carbonyl (C=O) groups is 1. The maximum absolute atomic E-state index is 13.2. The number of Topliss-reactive ketones (excluding diaryl/α,β-unsaturated/α-hetero) is 1. The number of likely N-dealkylation sites (N-methyl/N-ethyl adjacent to an activating group) is 1. The lowest BCUT2D eigenvalue weighted by Crippen LogP contribution is -2.28. The van der Waals surface area contributed by atoms with Crippen molar-refractivity contribution in [2.24, 2.45) is 0 Å². The number of carbonyl (C=O) groups excluding carboxylic acids is 1. The predicted octanol–water partition coefficient (Wildman–Crippen LogP) is 5.71. The van der Waals surface area contributed by atoms with Crippen LogP contribution < -0.4 is 9.47 Å². The molecule has 0 spiro atoms. The van der Waals surface area contributed by atoms with E-state index in [1.807, 2.05) is 72.8 Å². The number of ether oxygens (including phenoxy) is 2. The number of ketones is 1. The molecule has 0 radical (unpaired) electrons. The second-order valence-electron chi connectivity index (χ2n) is 7.04. The summed E-state index contributed by atoms with van der Waals surface area (Å²) >= 11 is 0. The lowest BCUT2D eigenvalue weighted by Gasteiger charge is -2.19. The van der Waals surface area contributed by atoms with Gasteiger partial charge < -0.3 is 14.4 Å². The normalized spacial score (nSPS) is 11.4. The number of hydrogen-bond donors (Lipinski definition) is 0. The second kappa shape index (κ2) is 11.7. The van der Waals surface area contributed by atoms with Crippen molar-refractivity contribution in [3.05, 3.63) is 102 Å². The molecule has 0 aromatic heterocycles. The van der Waals surface area contributed by atoms with E-state index in [-0.39, 0.29) is 11.5 Å². The van der Waals surface area contributed by atoms with Gasteiger partial charge in [0.05, 0.1) is 0 Å². The number of nitrogens with zero attached hydrogens (tertiary/aromatic N) is 1. The van der Waals surface area contributed by atoms with E-state index in [9.17, 15) is 4.79 Å². The third kappa shape index (κ3) is 6.56. The zero-order chi connectivity index (χ0) is 21.9. The van der Waals surface area contributed by atoms with E-state index in [0.29, 0.717) is 23.7 Å². The van der Waals surface area contributed by atoms with E-state index >= 15 is 0 Å². The second-order valence-corrected chi connectivity index (χ2v) is 7.04. The first-order valence-electron chi connectivity index (χ1n) is 10.7. The summed E-state index contributed by atoms with van der Waals surface area (Å²) in [5, 5.41) is 0. The smallest absolute Gasteiger partial charge is 0.228 e. The lowest BCUT2D eigenvalue weighted by molar-refractivity contribution is 0.0987. The van der Waals surface area contributed by atoms with Crippen molar-refractivity contribution in [1.29, 1.82) is 0 Å². The molecule has 0 saturated heterocycles. The summed E-state index contributed by atoms with van der Waals surface area (Å²) in [5.74, 6) is 1.21. The standard InChI is InChI=1S/C27H29NO3/c1-3-28(4-2)19-20-30-24-17-11-12-18-25(24)31-26(21-22-13-7-5-8-14-22)27(29)23-15-9-6-10-16-23/h5-18,21H,3-4,19-20H2,1-2H3/b26-21+. The summed E-state index contributed by atoms with van der Waals surface area (Å²) in [6.45, 7) is 7.61. The van der Waals surface area contributed by atoms with Crippen LogP contribution in [0.25, 0.3) is 6.08 Å². The van der Waals surface area contributed by atoms with Crippen LogP contribution in [0, 0.1) is 0 Å². The molecule has 31 heavy (non-hydrogen) atoms. The average molecular weight is 416 g/mol. The van der Waals surface area contributed by atoms with Gasteiger partial charge in [-0.1, -0.05) is 86.6 Å². The molecule has 0 aliphatic rings. The van der Waals surface area contributed by atoms with E-state index in [0.717, 1.165) is 25.2 Å². The number of rotatable bonds is 11. The highest BCUT2D eigenvalue weighted by Crippen LogP contribution is 2.29. The average Bonchev–Trinajstić information content (AvgIpc) is 2.83. The molecular weight excluding hydrogens is 386 g/mol. The highest BCUT2D eigenvalue weighted by molar-refractivity contribution is 6.10. The Balaban J connectivity index is 1.85. The zero-order valence-corrected chi connectivity index (χ0v) is 18.2. The quantitative estimate of drug-likeness (QED) is 0.228. The zero-order valence-electron chi connectivity index (χ0n) is 18.2. The van der Waals surface area contributed by atoms with Crippen LogP contribution in [0.15, 0.2) is 90.7 Å². The van der Waals surface area contributed by atoms with Gasteiger partial charge in [-0.2, -0.15) is 0 Å². The first-order valence-corrected chi connectivity index (χ1v) is 10.7. The molecule has 160 valence electrons. The van der Waals surface area contributed by atoms with Gasteiger partial charge in [-0.15, -0.1) is 0 Å². The minimum Gasteiger partial charge on any atom is -0.488 e. The van der Waals surface area contributed by atoms with Crippen LogP contribution in [-0.2, 0) is 0 Å². The molecule has 0 atom stereocenters. The van der Waals surface area contributed by atoms with Crippen LogP contribution >= 0.6 is 0 Å². The largest absolute Gasteiger partial charge is 0.488 e. The van der Waals surface area contributed by atoms with Crippen molar-refractivity contribution in [2.45, 2.75) is 13.8 Å². The van der Waals surface area contributed by atoms with Crippen molar-refractivity contribution < 1.29 is 14.3 Å². The Kier molecular flexibility index (Phi) is 8.44. The van der Waals surface area contributed by atoms with Crippen LogP contribution in [0.2, 0.25) is 0 Å². The van der Waals surface area contributed by atoms with Crippen molar-refractivity contribution in [1.82, 2.24) is 4.90 Å². The minimum absolute atomic E-state index is 0.178. The van der Waals surface area contributed by atoms with Gasteiger partial charge in [-0.3, -0.25) is 4.79 Å². The van der Waals surface area contributed by atoms with Gasteiger partial charge >= 0.3 is 0 Å². The Hall–Kier alpha value is -3.37. The lowest BCUT2D eigenvalue weighted by atomic mass is 10.1. The third-order valence-electron chi connectivity index (χ3n) is 4.99. The molecule has 0 bridgehead atoms. The Morgan fingerprint density at radius 2 is 1.39 bits per heavy atom. The van der Waals surface area contributed by atoms with Gasteiger partial charge in [0.25, 0.3) is 0 Å². The van der Waals surface area contributed by atoms with Crippen molar-refractivity contribution >= 4 is 11.9 Å². The first kappa shape index (κ1) is 22.3. The Morgan fingerprint density at radius 1 is 0.806 bits per heavy atom. The highest BCUT2D eigenvalue weighted by Gasteiger charge is 2.17. The van der Waals surface area contributed by atoms with Gasteiger partial charge in [0.1, 0.15) is 6.61 Å². The summed E-state index contributed by atoms with van der Waals surface area (Å²) in [6.07, 6.45) is 1.77. The molecule has 3 rings (SSSR count). The molecule has 0 heterocycles. The highest BCUT2D eigenvalue weighted by atomic mass is 16.5. The summed E-state index contributed by atoms with van der Waals surface area (Å²) in [6, 6.07) is 26.3. The Morgan fingerprint density at radius 3 is 2.03 bits per heavy atom. The number of hydrogen-bond acceptors (Lipinski definition) is 4. The fourth-order valence-electron chi connectivity index (χ4n) is 3.17. The van der Waals surface area contributed by atoms with Crippen molar-refractivity contribution in [2.75, 3.05) is 26.2 Å². The number of allylic oxidation sites excluding steroid dienone is 1. The van der Waals surface area contributed by atoms with Gasteiger partial charge in [0, 0.05) is 12.1 Å². The molecule has 4 nitrogen and oxygen atoms in total. The fourth-order valence-corrected chi connectivity index (χ4v) is 3.17. The Labute approximate surface area is 184 Å². The summed E-state index contributed by atoms with van der Waals surface area (Å²) in [7, 11) is 0. The van der Waals surface area contributed by atoms with Crippen molar-refractivity contribution in [3.8, 4) is 11.5 Å². The van der Waals surface area contributed by atoms with Gasteiger partial charge in [-0.05, 0) is 36.9 Å². The van der Waals surface area contributed by atoms with Gasteiger partial charge in [0.2, 0.25) is 5.78 Å². The molecule has 0 N–H and O–H groups in total. The van der Waals surface area contributed by atoms with Crippen LogP contribution in [-0.4, -0.2) is 36.9 Å². The maximum atomic E-state index is 13.2. The topological polar surface area (TPSA) is 38.8 Å². The minimum atomic E-state index is -0.178. The van der Waals surface area contributed by atoms with Crippen molar-refractivity contribution in [3.63, 3.8) is 0 Å². The van der Waals surface area contributed by atoms with E-state index in [2.05, 4.69) is 18.7 Å². The first-order chi connectivity index (χ1) is 15.2. The van der Waals surface area contributed by atoms with Gasteiger partial charge in [0.15, 0.2) is 17.3 Å². The molecule has 0 saturated carbocycles. The summed E-state index contributed by atoms with van der Waals surface area (Å²) in [5.41, 5.74) is 1.46. The monoisotopic (exact) mass is 415 g/mol. The van der Waals surface area contributed by atoms with E-state index in [1.54, 1.807) is 18.2 Å². The van der Waals surface area contributed by atoms with Crippen LogP contribution in [0.4, 0.5) is 0 Å². The molecule has 3 aromatic carbocycles. The molecule has 0 amide bonds. The van der Waals surface area contributed by atoms with Gasteiger partial charge in [-0.25, -0.2) is 0 Å². The molecular formula is C27H29NO3. The predicted molar refractivity (Wildman–Crippen MR) is 126 cm³/mol. The number of para-hydroxylation sites is 2. The molecule has 0 aliphatic heterocycles. The van der Waals surface area contributed by atoms with Crippen LogP contribution in [0.5, 0.6) is 11.5 Å². The molecule has 4 heteroatoms. The summed E-state index contributed by atoms with van der Waals surface area (Å²) in [4.78, 5) is 15.5. The summed E-state index contributed by atoms with van der Waals surface area (Å²) < 4.78 is 12.2. The molecule has 3 aromatic rings. The maximum Gasteiger partial charge on any atom is 0.228 e. The third-order valence-corrected chi connectivity index (χ3v) is 4.99. The molecule has 0 unspecified atom stereocenters. The molecule has 0 aliphatic carbocycles. The Bertz CT molecular complexity index is 980. The van der Waals surface area contributed by atoms with Crippen LogP contribution in [0.3, 0.4) is 0 Å². The molecule has 0 fully saturated rings. The van der Waals surface area contributed by atoms with Crippen LogP contribution in [0.1, 0.15) is 29.8 Å². The fraction of sp³-hybridized carbons (Fsp3) is 0.222. The van der Waals surface area contributed by atoms with E-state index in [4.69, 9.17) is 9.47 Å². The van der Waals surface area contributed by atoms with E-state index in [1.165, 1.54) is 0 Å².